The van der Waals surface area contributed by atoms with Gasteiger partial charge in [0.05, 0.1) is 15.9 Å². The van der Waals surface area contributed by atoms with Crippen LogP contribution >= 0.6 is 0 Å². The van der Waals surface area contributed by atoms with E-state index in [1.165, 1.54) is 18.2 Å². The molecule has 7 heteroatoms. The van der Waals surface area contributed by atoms with Gasteiger partial charge in [0.15, 0.2) is 0 Å². The normalized spacial score (nSPS) is 20.7. The SMILES string of the molecule is O=[N+]([O-])c1ccc2c(c1)N[C@H]1c3cc([N+](=O)[O-])ccc3C[C@@H]21. The first-order valence-corrected chi connectivity index (χ1v) is 6.86. The van der Waals surface area contributed by atoms with Crippen molar-refractivity contribution < 1.29 is 9.85 Å². The van der Waals surface area contributed by atoms with Crippen molar-refractivity contribution in [3.63, 3.8) is 0 Å². The largest absolute Gasteiger partial charge is 0.377 e. The summed E-state index contributed by atoms with van der Waals surface area (Å²) in [5, 5.41) is 25.1. The van der Waals surface area contributed by atoms with Crippen LogP contribution in [-0.2, 0) is 6.42 Å². The Labute approximate surface area is 124 Å². The first kappa shape index (κ1) is 12.8. The number of non-ortho nitro benzene ring substituents is 2. The molecule has 0 fully saturated rings. The number of rotatable bonds is 2. The lowest BCUT2D eigenvalue weighted by molar-refractivity contribution is -0.385. The molecule has 0 amide bonds. The summed E-state index contributed by atoms with van der Waals surface area (Å²) in [5.74, 6) is 0.174. The lowest BCUT2D eigenvalue weighted by Gasteiger charge is -2.11. The maximum absolute atomic E-state index is 10.9. The van der Waals surface area contributed by atoms with Gasteiger partial charge in [-0.05, 0) is 29.2 Å². The maximum atomic E-state index is 10.9. The molecule has 1 N–H and O–H groups in total. The van der Waals surface area contributed by atoms with Gasteiger partial charge >= 0.3 is 0 Å². The molecule has 22 heavy (non-hydrogen) atoms. The van der Waals surface area contributed by atoms with Gasteiger partial charge in [0.1, 0.15) is 0 Å². The molecular formula is C15H11N3O4. The molecule has 4 rings (SSSR count). The van der Waals surface area contributed by atoms with Gasteiger partial charge in [-0.1, -0.05) is 6.07 Å². The molecule has 2 atom stereocenters. The van der Waals surface area contributed by atoms with E-state index in [2.05, 4.69) is 5.32 Å². The van der Waals surface area contributed by atoms with E-state index in [0.717, 1.165) is 28.8 Å². The van der Waals surface area contributed by atoms with Gasteiger partial charge in [-0.2, -0.15) is 0 Å². The van der Waals surface area contributed by atoms with Crippen molar-refractivity contribution in [2.75, 3.05) is 5.32 Å². The molecule has 2 aliphatic rings. The van der Waals surface area contributed by atoms with E-state index in [0.29, 0.717) is 0 Å². The number of fused-ring (bicyclic) bond motifs is 5. The molecule has 1 aliphatic carbocycles. The summed E-state index contributed by atoms with van der Waals surface area (Å²) >= 11 is 0. The van der Waals surface area contributed by atoms with Crippen molar-refractivity contribution in [2.24, 2.45) is 0 Å². The molecule has 2 aromatic carbocycles. The Morgan fingerprint density at radius 3 is 2.36 bits per heavy atom. The fourth-order valence-corrected chi connectivity index (χ4v) is 3.48. The molecular weight excluding hydrogens is 286 g/mol. The molecule has 7 nitrogen and oxygen atoms in total. The van der Waals surface area contributed by atoms with Gasteiger partial charge in [-0.25, -0.2) is 0 Å². The minimum Gasteiger partial charge on any atom is -0.377 e. The number of hydrogen-bond acceptors (Lipinski definition) is 5. The number of nitrogens with zero attached hydrogens (tertiary/aromatic N) is 2. The summed E-state index contributed by atoms with van der Waals surface area (Å²) in [4.78, 5) is 21.0. The Kier molecular flexibility index (Phi) is 2.47. The molecule has 110 valence electrons. The zero-order chi connectivity index (χ0) is 15.4. The number of nitro benzene ring substituents is 2. The standard InChI is InChI=1S/C15H11N3O4/c19-17(20)9-2-1-8-5-13-11-4-3-10(18(21)22)7-14(11)16-15(13)12(8)6-9/h1-4,6-7,13,15-16H,5H2/t13-,15-/m0/s1. The van der Waals surface area contributed by atoms with E-state index < -0.39 is 9.85 Å². The van der Waals surface area contributed by atoms with Gasteiger partial charge in [-0.3, -0.25) is 20.2 Å². The molecule has 1 aliphatic heterocycles. The fraction of sp³-hybridized carbons (Fsp3) is 0.200. The van der Waals surface area contributed by atoms with Crippen LogP contribution in [-0.4, -0.2) is 9.85 Å². The van der Waals surface area contributed by atoms with Crippen LogP contribution in [0.15, 0.2) is 36.4 Å². The third-order valence-electron chi connectivity index (χ3n) is 4.48. The number of anilines is 1. The summed E-state index contributed by atoms with van der Waals surface area (Å²) < 4.78 is 0. The highest BCUT2D eigenvalue weighted by Crippen LogP contribution is 2.52. The highest BCUT2D eigenvalue weighted by atomic mass is 16.6. The molecule has 0 unspecified atom stereocenters. The summed E-state index contributed by atoms with van der Waals surface area (Å²) in [6.45, 7) is 0. The molecule has 2 aromatic rings. The van der Waals surface area contributed by atoms with Crippen LogP contribution in [0.1, 0.15) is 28.7 Å². The number of hydrogen-bond donors (Lipinski definition) is 1. The van der Waals surface area contributed by atoms with Crippen molar-refractivity contribution in [2.45, 2.75) is 18.4 Å². The first-order chi connectivity index (χ1) is 10.5. The minimum absolute atomic E-state index is 0.0467. The van der Waals surface area contributed by atoms with Crippen molar-refractivity contribution in [3.05, 3.63) is 73.3 Å². The Morgan fingerprint density at radius 2 is 1.64 bits per heavy atom. The fourth-order valence-electron chi connectivity index (χ4n) is 3.48. The highest BCUT2D eigenvalue weighted by Gasteiger charge is 2.40. The Hall–Kier alpha value is -2.96. The highest BCUT2D eigenvalue weighted by molar-refractivity contribution is 5.67. The predicted octanol–water partition coefficient (Wildman–Crippen LogP) is 3.31. The van der Waals surface area contributed by atoms with E-state index in [-0.39, 0.29) is 23.3 Å². The molecule has 1 heterocycles. The van der Waals surface area contributed by atoms with E-state index in [1.807, 2.05) is 0 Å². The number of nitro groups is 2. The molecule has 0 aromatic heterocycles. The summed E-state index contributed by atoms with van der Waals surface area (Å²) in [5.41, 5.74) is 3.92. The van der Waals surface area contributed by atoms with Gasteiger partial charge in [0, 0.05) is 35.9 Å². The Bertz CT molecular complexity index is 834. The van der Waals surface area contributed by atoms with Gasteiger partial charge in [0.25, 0.3) is 11.4 Å². The van der Waals surface area contributed by atoms with Crippen molar-refractivity contribution in [3.8, 4) is 0 Å². The van der Waals surface area contributed by atoms with Crippen LogP contribution in [0.2, 0.25) is 0 Å². The topological polar surface area (TPSA) is 98.3 Å². The average Bonchev–Trinajstić information content (AvgIpc) is 3.01. The van der Waals surface area contributed by atoms with Crippen LogP contribution in [0.25, 0.3) is 0 Å². The van der Waals surface area contributed by atoms with Crippen LogP contribution < -0.4 is 5.32 Å². The second-order valence-corrected chi connectivity index (χ2v) is 5.60. The molecule has 0 spiro atoms. The lowest BCUT2D eigenvalue weighted by Crippen LogP contribution is -2.05. The monoisotopic (exact) mass is 297 g/mol. The average molecular weight is 297 g/mol. The third-order valence-corrected chi connectivity index (χ3v) is 4.48. The second-order valence-electron chi connectivity index (χ2n) is 5.60. The Balaban J connectivity index is 1.75. The van der Waals surface area contributed by atoms with Crippen LogP contribution in [0.4, 0.5) is 17.1 Å². The first-order valence-electron chi connectivity index (χ1n) is 6.86. The van der Waals surface area contributed by atoms with E-state index in [4.69, 9.17) is 0 Å². The van der Waals surface area contributed by atoms with E-state index in [1.54, 1.807) is 18.2 Å². The summed E-state index contributed by atoms with van der Waals surface area (Å²) in [6, 6.07) is 9.71. The smallest absolute Gasteiger partial charge is 0.271 e. The van der Waals surface area contributed by atoms with Crippen LogP contribution in [0, 0.1) is 20.2 Å². The molecule has 0 radical (unpaired) electrons. The molecule has 0 saturated heterocycles. The zero-order valence-corrected chi connectivity index (χ0v) is 11.4. The van der Waals surface area contributed by atoms with Crippen molar-refractivity contribution in [1.82, 2.24) is 0 Å². The van der Waals surface area contributed by atoms with Gasteiger partial charge < -0.3 is 5.32 Å². The van der Waals surface area contributed by atoms with Crippen molar-refractivity contribution >= 4 is 17.1 Å². The Morgan fingerprint density at radius 1 is 0.955 bits per heavy atom. The van der Waals surface area contributed by atoms with Crippen molar-refractivity contribution in [1.29, 1.82) is 0 Å². The summed E-state index contributed by atoms with van der Waals surface area (Å²) in [7, 11) is 0. The maximum Gasteiger partial charge on any atom is 0.271 e. The minimum atomic E-state index is -0.422. The number of nitrogens with one attached hydrogen (secondary N) is 1. The predicted molar refractivity (Wildman–Crippen MR) is 79.0 cm³/mol. The summed E-state index contributed by atoms with van der Waals surface area (Å²) in [6.07, 6.45) is 0.788. The van der Waals surface area contributed by atoms with E-state index in [9.17, 15) is 20.2 Å². The second kappa shape index (κ2) is 4.27. The molecule has 0 saturated carbocycles. The van der Waals surface area contributed by atoms with Crippen LogP contribution in [0.3, 0.4) is 0 Å². The van der Waals surface area contributed by atoms with Gasteiger partial charge in [0.2, 0.25) is 0 Å². The third kappa shape index (κ3) is 1.68. The number of benzene rings is 2. The molecule has 0 bridgehead atoms. The lowest BCUT2D eigenvalue weighted by atomic mass is 9.96. The van der Waals surface area contributed by atoms with Gasteiger partial charge in [-0.15, -0.1) is 0 Å². The van der Waals surface area contributed by atoms with E-state index >= 15 is 0 Å². The zero-order valence-electron chi connectivity index (χ0n) is 11.4. The quantitative estimate of drug-likeness (QED) is 0.677. The van der Waals surface area contributed by atoms with Crippen LogP contribution in [0.5, 0.6) is 0 Å².